The van der Waals surface area contributed by atoms with Crippen LogP contribution in [0.15, 0.2) is 6.07 Å². The maximum absolute atomic E-state index is 12.7. The number of carbonyl (C=O) groups is 2. The van der Waals surface area contributed by atoms with Crippen LogP contribution in [-0.2, 0) is 11.2 Å². The molecule has 2 fully saturated rings. The number of hydrogen-bond donors (Lipinski definition) is 1. The summed E-state index contributed by atoms with van der Waals surface area (Å²) < 4.78 is 0. The van der Waals surface area contributed by atoms with E-state index in [-0.39, 0.29) is 23.9 Å². The van der Waals surface area contributed by atoms with Gasteiger partial charge in [-0.1, -0.05) is 6.92 Å². The molecule has 3 heterocycles. The molecule has 3 rings (SSSR count). The minimum atomic E-state index is -0.758. The lowest BCUT2D eigenvalue weighted by Gasteiger charge is -2.22. The highest BCUT2D eigenvalue weighted by atomic mass is 32.1. The Bertz CT molecular complexity index is 565. The van der Waals surface area contributed by atoms with Crippen molar-refractivity contribution in [1.82, 2.24) is 4.90 Å². The van der Waals surface area contributed by atoms with Crippen LogP contribution in [0.4, 0.5) is 0 Å². The fourth-order valence-corrected chi connectivity index (χ4v) is 4.73. The first-order chi connectivity index (χ1) is 9.52. The van der Waals surface area contributed by atoms with Crippen molar-refractivity contribution in [3.8, 4) is 0 Å². The fraction of sp³-hybridized carbons (Fsp3) is 0.600. The average Bonchev–Trinajstić information content (AvgIpc) is 3.09. The number of fused-ring (bicyclic) bond motifs is 2. The molecule has 0 aromatic carbocycles. The summed E-state index contributed by atoms with van der Waals surface area (Å²) in [6.07, 6.45) is 3.34. The predicted octanol–water partition coefficient (Wildman–Crippen LogP) is 2.70. The van der Waals surface area contributed by atoms with Crippen molar-refractivity contribution in [2.24, 2.45) is 5.92 Å². The van der Waals surface area contributed by atoms with Gasteiger partial charge in [-0.15, -0.1) is 11.3 Å². The van der Waals surface area contributed by atoms with Crippen LogP contribution in [0.3, 0.4) is 0 Å². The van der Waals surface area contributed by atoms with Crippen molar-refractivity contribution in [1.29, 1.82) is 0 Å². The van der Waals surface area contributed by atoms with Crippen molar-refractivity contribution >= 4 is 23.2 Å². The highest BCUT2D eigenvalue weighted by molar-refractivity contribution is 7.14. The zero-order valence-electron chi connectivity index (χ0n) is 11.8. The quantitative estimate of drug-likeness (QED) is 0.932. The van der Waals surface area contributed by atoms with E-state index in [2.05, 4.69) is 6.92 Å². The van der Waals surface area contributed by atoms with Gasteiger partial charge in [-0.2, -0.15) is 0 Å². The van der Waals surface area contributed by atoms with Crippen molar-refractivity contribution in [2.75, 3.05) is 0 Å². The number of carbonyl (C=O) groups excluding carboxylic acids is 1. The number of aliphatic carboxylic acids is 1. The smallest absolute Gasteiger partial charge is 0.308 e. The van der Waals surface area contributed by atoms with Gasteiger partial charge >= 0.3 is 5.97 Å². The van der Waals surface area contributed by atoms with Gasteiger partial charge in [0.1, 0.15) is 0 Å². The summed E-state index contributed by atoms with van der Waals surface area (Å²) in [5, 5.41) is 9.26. The molecular formula is C15H19NO3S. The minimum absolute atomic E-state index is 0.0362. The lowest BCUT2D eigenvalue weighted by molar-refractivity contribution is -0.142. The SMILES string of the molecule is CCc1sc(C(=O)N2C3CCC2C(C(=O)O)C3)cc1C. The number of carboxylic acid groups (broad SMARTS) is 1. The zero-order chi connectivity index (χ0) is 14.4. The molecule has 3 unspecified atom stereocenters. The van der Waals surface area contributed by atoms with Crippen LogP contribution in [0.5, 0.6) is 0 Å². The molecule has 1 N–H and O–H groups in total. The predicted molar refractivity (Wildman–Crippen MR) is 77.2 cm³/mol. The average molecular weight is 293 g/mol. The fourth-order valence-electron chi connectivity index (χ4n) is 3.67. The van der Waals surface area contributed by atoms with Gasteiger partial charge in [-0.05, 0) is 44.2 Å². The third-order valence-electron chi connectivity index (χ3n) is 4.64. The van der Waals surface area contributed by atoms with Crippen LogP contribution in [0.2, 0.25) is 0 Å². The van der Waals surface area contributed by atoms with Gasteiger partial charge in [0.2, 0.25) is 0 Å². The molecule has 108 valence electrons. The molecule has 5 heteroatoms. The summed E-state index contributed by atoms with van der Waals surface area (Å²) in [7, 11) is 0. The second-order valence-corrected chi connectivity index (χ2v) is 6.90. The number of nitrogens with zero attached hydrogens (tertiary/aromatic N) is 1. The topological polar surface area (TPSA) is 57.6 Å². The first-order valence-corrected chi connectivity index (χ1v) is 7.99. The van der Waals surface area contributed by atoms with E-state index in [1.54, 1.807) is 11.3 Å². The maximum atomic E-state index is 12.7. The third-order valence-corrected chi connectivity index (χ3v) is 6.01. The summed E-state index contributed by atoms with van der Waals surface area (Å²) in [4.78, 5) is 27.8. The Balaban J connectivity index is 1.86. The van der Waals surface area contributed by atoms with E-state index in [4.69, 9.17) is 0 Å². The molecule has 1 aromatic rings. The molecule has 0 saturated carbocycles. The van der Waals surface area contributed by atoms with E-state index in [9.17, 15) is 14.7 Å². The summed E-state index contributed by atoms with van der Waals surface area (Å²) in [6, 6.07) is 1.98. The van der Waals surface area contributed by atoms with E-state index >= 15 is 0 Å². The van der Waals surface area contributed by atoms with Gasteiger partial charge in [0.15, 0.2) is 0 Å². The van der Waals surface area contributed by atoms with Crippen molar-refractivity contribution in [3.63, 3.8) is 0 Å². The van der Waals surface area contributed by atoms with Crippen LogP contribution in [-0.4, -0.2) is 34.0 Å². The monoisotopic (exact) mass is 293 g/mol. The van der Waals surface area contributed by atoms with E-state index in [1.807, 2.05) is 17.9 Å². The molecular weight excluding hydrogens is 274 g/mol. The Hall–Kier alpha value is -1.36. The first kappa shape index (κ1) is 13.6. The molecule has 1 amide bonds. The van der Waals surface area contributed by atoms with E-state index in [1.165, 1.54) is 10.4 Å². The molecule has 3 atom stereocenters. The molecule has 2 saturated heterocycles. The van der Waals surface area contributed by atoms with Crippen molar-refractivity contribution in [3.05, 3.63) is 21.4 Å². The Kier molecular flexibility index (Phi) is 3.32. The summed E-state index contributed by atoms with van der Waals surface area (Å²) in [5.41, 5.74) is 1.17. The lowest BCUT2D eigenvalue weighted by atomic mass is 9.89. The van der Waals surface area contributed by atoms with E-state index in [0.29, 0.717) is 6.42 Å². The number of hydrogen-bond acceptors (Lipinski definition) is 3. The Morgan fingerprint density at radius 1 is 1.45 bits per heavy atom. The van der Waals surface area contributed by atoms with Gasteiger partial charge in [-0.3, -0.25) is 9.59 Å². The van der Waals surface area contributed by atoms with Gasteiger partial charge < -0.3 is 10.0 Å². The van der Waals surface area contributed by atoms with Gasteiger partial charge in [0, 0.05) is 17.0 Å². The second kappa shape index (κ2) is 4.88. The maximum Gasteiger partial charge on any atom is 0.308 e. The minimum Gasteiger partial charge on any atom is -0.481 e. The lowest BCUT2D eigenvalue weighted by Crippen LogP contribution is -2.37. The van der Waals surface area contributed by atoms with Crippen LogP contribution >= 0.6 is 11.3 Å². The molecule has 2 bridgehead atoms. The van der Waals surface area contributed by atoms with Crippen LogP contribution in [0.25, 0.3) is 0 Å². The van der Waals surface area contributed by atoms with Crippen LogP contribution in [0, 0.1) is 12.8 Å². The summed E-state index contributed by atoms with van der Waals surface area (Å²) >= 11 is 1.56. The highest BCUT2D eigenvalue weighted by Crippen LogP contribution is 2.43. The molecule has 0 spiro atoms. The van der Waals surface area contributed by atoms with Crippen molar-refractivity contribution in [2.45, 2.75) is 51.6 Å². The normalized spacial score (nSPS) is 28.1. The van der Waals surface area contributed by atoms with Crippen molar-refractivity contribution < 1.29 is 14.7 Å². The molecule has 2 aliphatic rings. The third kappa shape index (κ3) is 1.95. The summed E-state index contributed by atoms with van der Waals surface area (Å²) in [5.74, 6) is -1.09. The van der Waals surface area contributed by atoms with Gasteiger partial charge in [0.05, 0.1) is 10.8 Å². The molecule has 20 heavy (non-hydrogen) atoms. The Morgan fingerprint density at radius 3 is 2.75 bits per heavy atom. The standard InChI is InChI=1S/C15H19NO3S/c1-3-12-8(2)6-13(20-12)14(17)16-9-4-5-11(16)10(7-9)15(18)19/h6,9-11H,3-5,7H2,1-2H3,(H,18,19). The largest absolute Gasteiger partial charge is 0.481 e. The summed E-state index contributed by atoms with van der Waals surface area (Å²) in [6.45, 7) is 4.12. The number of aryl methyl sites for hydroxylation is 2. The second-order valence-electron chi connectivity index (χ2n) is 5.76. The Labute approximate surface area is 122 Å². The van der Waals surface area contributed by atoms with E-state index < -0.39 is 5.97 Å². The molecule has 0 radical (unpaired) electrons. The zero-order valence-corrected chi connectivity index (χ0v) is 12.6. The number of thiophene rings is 1. The van der Waals surface area contributed by atoms with Gasteiger partial charge in [-0.25, -0.2) is 0 Å². The van der Waals surface area contributed by atoms with Crippen LogP contribution in [0.1, 0.15) is 46.3 Å². The first-order valence-electron chi connectivity index (χ1n) is 7.17. The molecule has 1 aromatic heterocycles. The number of amides is 1. The number of carboxylic acids is 1. The van der Waals surface area contributed by atoms with E-state index in [0.717, 1.165) is 24.1 Å². The molecule has 2 aliphatic heterocycles. The van der Waals surface area contributed by atoms with Crippen LogP contribution < -0.4 is 0 Å². The Morgan fingerprint density at radius 2 is 2.20 bits per heavy atom. The molecule has 0 aliphatic carbocycles. The molecule has 4 nitrogen and oxygen atoms in total. The highest BCUT2D eigenvalue weighted by Gasteiger charge is 2.51. The van der Waals surface area contributed by atoms with Gasteiger partial charge in [0.25, 0.3) is 5.91 Å². The number of rotatable bonds is 3.